The topological polar surface area (TPSA) is 8.17 Å². The standard InChI is InChI=1S/C40H32N2S/c1-25-15-20-29(26(2)23-25)38-34-11-4-6-12-35(34)41(38)24-27-16-18-28(19-17-27)42-36-13-7-3-9-30(36)32-21-22-33-31-10-5-8-14-37(31)43-40(33)39(32)42/h3-22,26,38H,23-24H2,1-2H3. The molecule has 0 saturated heterocycles. The molecule has 1 aliphatic heterocycles. The highest BCUT2D eigenvalue weighted by atomic mass is 32.1. The van der Waals surface area contributed by atoms with Crippen molar-refractivity contribution >= 4 is 59.0 Å². The van der Waals surface area contributed by atoms with E-state index in [2.05, 4.69) is 145 Å². The number of benzene rings is 5. The van der Waals surface area contributed by atoms with Gasteiger partial charge in [-0.15, -0.1) is 11.3 Å². The molecular formula is C40H32N2S. The van der Waals surface area contributed by atoms with Crippen molar-refractivity contribution in [2.24, 2.45) is 5.92 Å². The van der Waals surface area contributed by atoms with Crippen LogP contribution in [0.25, 0.3) is 47.7 Å². The number of aromatic nitrogens is 1. The third-order valence-corrected chi connectivity index (χ3v) is 10.8. The highest BCUT2D eigenvalue weighted by Crippen LogP contribution is 2.51. The van der Waals surface area contributed by atoms with Crippen LogP contribution in [-0.4, -0.2) is 4.57 Å². The van der Waals surface area contributed by atoms with Gasteiger partial charge in [0.15, 0.2) is 0 Å². The zero-order chi connectivity index (χ0) is 28.7. The molecule has 0 bridgehead atoms. The second-order valence-electron chi connectivity index (χ2n) is 12.3. The second kappa shape index (κ2) is 9.45. The molecule has 3 heteroatoms. The van der Waals surface area contributed by atoms with E-state index >= 15 is 0 Å². The van der Waals surface area contributed by atoms with Crippen LogP contribution >= 0.6 is 11.3 Å². The maximum atomic E-state index is 2.60. The van der Waals surface area contributed by atoms with Crippen molar-refractivity contribution in [2.45, 2.75) is 32.9 Å². The first kappa shape index (κ1) is 24.9. The summed E-state index contributed by atoms with van der Waals surface area (Å²) in [7, 11) is 0. The Morgan fingerprint density at radius 1 is 0.721 bits per heavy atom. The molecule has 1 aliphatic carbocycles. The summed E-state index contributed by atoms with van der Waals surface area (Å²) in [5, 5.41) is 5.31. The number of hydrogen-bond donors (Lipinski definition) is 0. The fourth-order valence-electron chi connectivity index (χ4n) is 7.64. The molecule has 5 aromatic carbocycles. The molecule has 0 spiro atoms. The van der Waals surface area contributed by atoms with Crippen molar-refractivity contribution in [3.63, 3.8) is 0 Å². The van der Waals surface area contributed by atoms with Crippen LogP contribution in [0, 0.1) is 5.92 Å². The molecule has 2 aromatic heterocycles. The van der Waals surface area contributed by atoms with Crippen molar-refractivity contribution in [1.82, 2.24) is 4.57 Å². The minimum atomic E-state index is 0.355. The summed E-state index contributed by atoms with van der Waals surface area (Å²) in [6.45, 7) is 5.54. The number of anilines is 1. The second-order valence-corrected chi connectivity index (χ2v) is 13.4. The van der Waals surface area contributed by atoms with Crippen molar-refractivity contribution in [3.8, 4) is 5.69 Å². The summed E-state index contributed by atoms with van der Waals surface area (Å²) < 4.78 is 5.18. The smallest absolute Gasteiger partial charge is 0.0785 e. The van der Waals surface area contributed by atoms with Gasteiger partial charge in [-0.1, -0.05) is 104 Å². The number of hydrogen-bond acceptors (Lipinski definition) is 2. The van der Waals surface area contributed by atoms with E-state index in [0.29, 0.717) is 12.0 Å². The van der Waals surface area contributed by atoms with Crippen LogP contribution < -0.4 is 4.90 Å². The molecule has 2 unspecified atom stereocenters. The van der Waals surface area contributed by atoms with Gasteiger partial charge >= 0.3 is 0 Å². The Labute approximate surface area is 255 Å². The van der Waals surface area contributed by atoms with Crippen molar-refractivity contribution in [2.75, 3.05) is 4.90 Å². The van der Waals surface area contributed by atoms with Crippen molar-refractivity contribution in [3.05, 3.63) is 144 Å². The molecule has 2 atom stereocenters. The molecule has 7 aromatic rings. The van der Waals surface area contributed by atoms with Gasteiger partial charge in [0.05, 0.1) is 21.8 Å². The Kier molecular flexibility index (Phi) is 5.48. The van der Waals surface area contributed by atoms with Gasteiger partial charge in [-0.2, -0.15) is 0 Å². The molecule has 0 radical (unpaired) electrons. The molecule has 9 rings (SSSR count). The van der Waals surface area contributed by atoms with Crippen LogP contribution in [0.2, 0.25) is 0 Å². The van der Waals surface area contributed by atoms with Crippen LogP contribution in [0.5, 0.6) is 0 Å². The van der Waals surface area contributed by atoms with E-state index in [9.17, 15) is 0 Å². The van der Waals surface area contributed by atoms with E-state index < -0.39 is 0 Å². The third kappa shape index (κ3) is 3.71. The lowest BCUT2D eigenvalue weighted by molar-refractivity contribution is 0.535. The number of thiophene rings is 1. The Morgan fingerprint density at radius 3 is 2.33 bits per heavy atom. The third-order valence-electron chi connectivity index (χ3n) is 9.65. The molecule has 2 aliphatic rings. The van der Waals surface area contributed by atoms with Crippen LogP contribution in [-0.2, 0) is 6.54 Å². The molecule has 0 amide bonds. The van der Waals surface area contributed by atoms with Crippen molar-refractivity contribution < 1.29 is 0 Å². The molecule has 0 N–H and O–H groups in total. The van der Waals surface area contributed by atoms with E-state index in [-0.39, 0.29) is 0 Å². The number of para-hydroxylation sites is 2. The van der Waals surface area contributed by atoms with E-state index in [0.717, 1.165) is 13.0 Å². The average Bonchev–Trinajstić information content (AvgIpc) is 3.58. The van der Waals surface area contributed by atoms with Gasteiger partial charge in [0.25, 0.3) is 0 Å². The molecule has 0 fully saturated rings. The lowest BCUT2D eigenvalue weighted by atomic mass is 9.77. The van der Waals surface area contributed by atoms with Gasteiger partial charge in [-0.3, -0.25) is 0 Å². The van der Waals surface area contributed by atoms with Crippen LogP contribution in [0.1, 0.15) is 37.4 Å². The van der Waals surface area contributed by atoms with Crippen LogP contribution in [0.15, 0.2) is 132 Å². The quantitative estimate of drug-likeness (QED) is 0.204. The van der Waals surface area contributed by atoms with Crippen LogP contribution in [0.4, 0.5) is 5.69 Å². The van der Waals surface area contributed by atoms with Gasteiger partial charge < -0.3 is 9.47 Å². The minimum absolute atomic E-state index is 0.355. The fraction of sp³-hybridized carbons (Fsp3) is 0.150. The molecule has 43 heavy (non-hydrogen) atoms. The highest BCUT2D eigenvalue weighted by molar-refractivity contribution is 7.26. The van der Waals surface area contributed by atoms with Gasteiger partial charge in [-0.05, 0) is 60.7 Å². The maximum Gasteiger partial charge on any atom is 0.0785 e. The normalized spacial score (nSPS) is 18.2. The molecule has 2 nitrogen and oxygen atoms in total. The molecule has 208 valence electrons. The number of allylic oxidation sites excluding steroid dienone is 3. The van der Waals surface area contributed by atoms with Crippen LogP contribution in [0.3, 0.4) is 0 Å². The highest BCUT2D eigenvalue weighted by Gasteiger charge is 2.38. The summed E-state index contributed by atoms with van der Waals surface area (Å²) in [5.74, 6) is 0.564. The lowest BCUT2D eigenvalue weighted by Gasteiger charge is -2.48. The monoisotopic (exact) mass is 572 g/mol. The zero-order valence-corrected chi connectivity index (χ0v) is 25.2. The van der Waals surface area contributed by atoms with Gasteiger partial charge in [0.2, 0.25) is 0 Å². The summed E-state index contributed by atoms with van der Waals surface area (Å²) in [5.41, 5.74) is 11.0. The first-order valence-electron chi connectivity index (χ1n) is 15.3. The lowest BCUT2D eigenvalue weighted by Crippen LogP contribution is -2.40. The molecular weight excluding hydrogens is 541 g/mol. The fourth-order valence-corrected chi connectivity index (χ4v) is 8.88. The first-order chi connectivity index (χ1) is 21.2. The predicted octanol–water partition coefficient (Wildman–Crippen LogP) is 11.1. The molecule has 3 heterocycles. The summed E-state index contributed by atoms with van der Waals surface area (Å²) in [6, 6.07) is 40.9. The number of rotatable bonds is 4. The Morgan fingerprint density at radius 2 is 1.47 bits per heavy atom. The summed E-state index contributed by atoms with van der Waals surface area (Å²) >= 11 is 1.91. The summed E-state index contributed by atoms with van der Waals surface area (Å²) in [4.78, 5) is 2.60. The average molecular weight is 573 g/mol. The van der Waals surface area contributed by atoms with Gasteiger partial charge in [0, 0.05) is 49.7 Å². The largest absolute Gasteiger partial charge is 0.356 e. The first-order valence-corrected chi connectivity index (χ1v) is 16.1. The Bertz CT molecular complexity index is 2280. The van der Waals surface area contributed by atoms with Gasteiger partial charge in [0.1, 0.15) is 0 Å². The predicted molar refractivity (Wildman–Crippen MR) is 185 cm³/mol. The van der Waals surface area contributed by atoms with E-state index in [1.165, 1.54) is 70.1 Å². The van der Waals surface area contributed by atoms with E-state index in [4.69, 9.17) is 0 Å². The SMILES string of the molecule is CC1=CC=C(C2c3ccccc3N2Cc2ccc(-n3c4ccccc4c4ccc5c6ccccc6sc5c43)cc2)C(C)C1. The number of nitrogens with zero attached hydrogens (tertiary/aromatic N) is 2. The minimum Gasteiger partial charge on any atom is -0.356 e. The number of fused-ring (bicyclic) bond motifs is 8. The van der Waals surface area contributed by atoms with E-state index in [1.54, 1.807) is 5.57 Å². The van der Waals surface area contributed by atoms with E-state index in [1.807, 2.05) is 11.3 Å². The molecule has 0 saturated carbocycles. The summed E-state index contributed by atoms with van der Waals surface area (Å²) in [6.07, 6.45) is 5.86. The zero-order valence-electron chi connectivity index (χ0n) is 24.4. The Hall–Kier alpha value is -4.60. The maximum absolute atomic E-state index is 2.60. The van der Waals surface area contributed by atoms with Crippen molar-refractivity contribution in [1.29, 1.82) is 0 Å². The Balaban J connectivity index is 1.14. The van der Waals surface area contributed by atoms with Gasteiger partial charge in [-0.25, -0.2) is 0 Å².